The van der Waals surface area contributed by atoms with Gasteiger partial charge in [0.05, 0.1) is 12.5 Å². The SMILES string of the molecule is N#CCCN(C(=O)CCl)C1CCCCC1. The van der Waals surface area contributed by atoms with Crippen molar-refractivity contribution in [3.8, 4) is 6.07 Å². The number of alkyl halides is 1. The van der Waals surface area contributed by atoms with Gasteiger partial charge in [-0.15, -0.1) is 11.6 Å². The van der Waals surface area contributed by atoms with Crippen LogP contribution in [-0.4, -0.2) is 29.3 Å². The molecular weight excluding hydrogens is 212 g/mol. The average Bonchev–Trinajstić information content (AvgIpc) is 2.30. The first-order valence-corrected chi connectivity index (χ1v) is 6.05. The topological polar surface area (TPSA) is 44.1 Å². The van der Waals surface area contributed by atoms with Gasteiger partial charge in [-0.2, -0.15) is 5.26 Å². The third-order valence-electron chi connectivity index (χ3n) is 2.91. The molecule has 1 amide bonds. The standard InChI is InChI=1S/C11H17ClN2O/c12-9-11(15)14(8-4-7-13)10-5-2-1-3-6-10/h10H,1-6,8-9H2. The lowest BCUT2D eigenvalue weighted by molar-refractivity contribution is -0.131. The van der Waals surface area contributed by atoms with Gasteiger partial charge in [-0.1, -0.05) is 19.3 Å². The summed E-state index contributed by atoms with van der Waals surface area (Å²) in [4.78, 5) is 13.4. The summed E-state index contributed by atoms with van der Waals surface area (Å²) in [5, 5.41) is 8.55. The second-order valence-corrected chi connectivity index (χ2v) is 4.19. The molecular formula is C11H17ClN2O. The zero-order chi connectivity index (χ0) is 11.1. The highest BCUT2D eigenvalue weighted by atomic mass is 35.5. The van der Waals surface area contributed by atoms with E-state index in [4.69, 9.17) is 16.9 Å². The van der Waals surface area contributed by atoms with E-state index < -0.39 is 0 Å². The molecule has 1 saturated carbocycles. The molecule has 1 fully saturated rings. The predicted octanol–water partition coefficient (Wildman–Crippen LogP) is 2.30. The van der Waals surface area contributed by atoms with E-state index in [-0.39, 0.29) is 11.8 Å². The van der Waals surface area contributed by atoms with Gasteiger partial charge < -0.3 is 4.90 Å². The summed E-state index contributed by atoms with van der Waals surface area (Å²) in [5.41, 5.74) is 0. The van der Waals surface area contributed by atoms with Crippen molar-refractivity contribution in [1.29, 1.82) is 5.26 Å². The minimum absolute atomic E-state index is 0.0289. The minimum atomic E-state index is -0.0289. The quantitative estimate of drug-likeness (QED) is 0.693. The molecule has 84 valence electrons. The number of rotatable bonds is 4. The van der Waals surface area contributed by atoms with Gasteiger partial charge in [-0.25, -0.2) is 0 Å². The molecule has 0 aliphatic heterocycles. The van der Waals surface area contributed by atoms with Crippen LogP contribution < -0.4 is 0 Å². The summed E-state index contributed by atoms with van der Waals surface area (Å²) in [6.45, 7) is 0.534. The molecule has 0 aromatic carbocycles. The number of hydrogen-bond acceptors (Lipinski definition) is 2. The molecule has 0 heterocycles. The van der Waals surface area contributed by atoms with Crippen molar-refractivity contribution < 1.29 is 4.79 Å². The van der Waals surface area contributed by atoms with E-state index in [1.807, 2.05) is 0 Å². The predicted molar refractivity (Wildman–Crippen MR) is 59.5 cm³/mol. The molecule has 3 nitrogen and oxygen atoms in total. The van der Waals surface area contributed by atoms with Gasteiger partial charge in [-0.05, 0) is 12.8 Å². The molecule has 0 bridgehead atoms. The van der Waals surface area contributed by atoms with E-state index >= 15 is 0 Å². The third-order valence-corrected chi connectivity index (χ3v) is 3.14. The van der Waals surface area contributed by atoms with Gasteiger partial charge >= 0.3 is 0 Å². The Hall–Kier alpha value is -0.750. The summed E-state index contributed by atoms with van der Waals surface area (Å²) in [7, 11) is 0. The summed E-state index contributed by atoms with van der Waals surface area (Å²) in [6, 6.07) is 2.40. The number of halogens is 1. The van der Waals surface area contributed by atoms with Crippen LogP contribution in [0.5, 0.6) is 0 Å². The van der Waals surface area contributed by atoms with Gasteiger partial charge in [0.15, 0.2) is 0 Å². The van der Waals surface area contributed by atoms with Crippen molar-refractivity contribution in [1.82, 2.24) is 4.90 Å². The zero-order valence-corrected chi connectivity index (χ0v) is 9.67. The number of amides is 1. The molecule has 0 radical (unpaired) electrons. The maximum atomic E-state index is 11.6. The summed E-state index contributed by atoms with van der Waals surface area (Å²) in [6.07, 6.45) is 6.16. The molecule has 1 rings (SSSR count). The third kappa shape index (κ3) is 3.71. The van der Waals surface area contributed by atoms with Crippen molar-refractivity contribution in [2.75, 3.05) is 12.4 Å². The smallest absolute Gasteiger partial charge is 0.237 e. The number of hydrogen-bond donors (Lipinski definition) is 0. The number of carbonyl (C=O) groups is 1. The van der Waals surface area contributed by atoms with Crippen molar-refractivity contribution in [2.45, 2.75) is 44.6 Å². The van der Waals surface area contributed by atoms with Gasteiger partial charge in [0.2, 0.25) is 5.91 Å². The Kier molecular flexibility index (Phi) is 5.49. The van der Waals surface area contributed by atoms with Gasteiger partial charge in [0.1, 0.15) is 5.88 Å². The fourth-order valence-corrected chi connectivity index (χ4v) is 2.30. The van der Waals surface area contributed by atoms with Crippen molar-refractivity contribution in [3.63, 3.8) is 0 Å². The Bertz CT molecular complexity index is 243. The number of carbonyl (C=O) groups excluding carboxylic acids is 1. The van der Waals surface area contributed by atoms with Crippen LogP contribution in [-0.2, 0) is 4.79 Å². The normalized spacial score (nSPS) is 17.1. The van der Waals surface area contributed by atoms with Crippen LogP contribution in [0.25, 0.3) is 0 Å². The molecule has 0 saturated heterocycles. The molecule has 0 unspecified atom stereocenters. The lowest BCUT2D eigenvalue weighted by Crippen LogP contribution is -2.42. The molecule has 15 heavy (non-hydrogen) atoms. The van der Waals surface area contributed by atoms with E-state index in [9.17, 15) is 4.79 Å². The largest absolute Gasteiger partial charge is 0.338 e. The fraction of sp³-hybridized carbons (Fsp3) is 0.818. The minimum Gasteiger partial charge on any atom is -0.338 e. The first-order chi connectivity index (χ1) is 7.29. The molecule has 0 atom stereocenters. The van der Waals surface area contributed by atoms with E-state index in [0.717, 1.165) is 12.8 Å². The van der Waals surface area contributed by atoms with Crippen molar-refractivity contribution in [3.05, 3.63) is 0 Å². The molecule has 0 N–H and O–H groups in total. The highest BCUT2D eigenvalue weighted by Crippen LogP contribution is 2.23. The Morgan fingerprint density at radius 1 is 1.40 bits per heavy atom. The number of nitrogens with zero attached hydrogens (tertiary/aromatic N) is 2. The summed E-state index contributed by atoms with van der Waals surface area (Å²) >= 11 is 5.57. The van der Waals surface area contributed by atoms with Crippen molar-refractivity contribution in [2.24, 2.45) is 0 Å². The van der Waals surface area contributed by atoms with Gasteiger partial charge in [-0.3, -0.25) is 4.79 Å². The van der Waals surface area contributed by atoms with Crippen LogP contribution in [0.3, 0.4) is 0 Å². The maximum absolute atomic E-state index is 11.6. The first-order valence-electron chi connectivity index (χ1n) is 5.52. The Morgan fingerprint density at radius 3 is 2.60 bits per heavy atom. The zero-order valence-electron chi connectivity index (χ0n) is 8.91. The number of nitriles is 1. The second-order valence-electron chi connectivity index (χ2n) is 3.92. The van der Waals surface area contributed by atoms with E-state index in [0.29, 0.717) is 19.0 Å². The van der Waals surface area contributed by atoms with Gasteiger partial charge in [0, 0.05) is 12.6 Å². The van der Waals surface area contributed by atoms with Gasteiger partial charge in [0.25, 0.3) is 0 Å². The second kappa shape index (κ2) is 6.68. The molecule has 1 aliphatic carbocycles. The first kappa shape index (κ1) is 12.3. The summed E-state index contributed by atoms with van der Waals surface area (Å²) in [5.74, 6) is 0.000818. The van der Waals surface area contributed by atoms with Crippen molar-refractivity contribution >= 4 is 17.5 Å². The monoisotopic (exact) mass is 228 g/mol. The fourth-order valence-electron chi connectivity index (χ4n) is 2.15. The molecule has 4 heteroatoms. The van der Waals surface area contributed by atoms with Crippen LogP contribution >= 0.6 is 11.6 Å². The molecule has 0 aromatic rings. The van der Waals surface area contributed by atoms with E-state index in [1.165, 1.54) is 19.3 Å². The molecule has 0 spiro atoms. The van der Waals surface area contributed by atoms with Crippen LogP contribution in [0, 0.1) is 11.3 Å². The lowest BCUT2D eigenvalue weighted by Gasteiger charge is -2.33. The van der Waals surface area contributed by atoms with E-state index in [2.05, 4.69) is 6.07 Å². The van der Waals surface area contributed by atoms with Crippen LogP contribution in [0.4, 0.5) is 0 Å². The molecule has 1 aliphatic rings. The van der Waals surface area contributed by atoms with E-state index in [1.54, 1.807) is 4.90 Å². The van der Waals surface area contributed by atoms with Crippen LogP contribution in [0.2, 0.25) is 0 Å². The van der Waals surface area contributed by atoms with Crippen LogP contribution in [0.1, 0.15) is 38.5 Å². The highest BCUT2D eigenvalue weighted by Gasteiger charge is 2.24. The van der Waals surface area contributed by atoms with Crippen LogP contribution in [0.15, 0.2) is 0 Å². The maximum Gasteiger partial charge on any atom is 0.237 e. The molecule has 0 aromatic heterocycles. The highest BCUT2D eigenvalue weighted by molar-refractivity contribution is 6.27. The Morgan fingerprint density at radius 2 is 2.07 bits per heavy atom. The Balaban J connectivity index is 2.53. The Labute approximate surface area is 96.0 Å². The average molecular weight is 229 g/mol. The summed E-state index contributed by atoms with van der Waals surface area (Å²) < 4.78 is 0. The lowest BCUT2D eigenvalue weighted by atomic mass is 9.94.